The van der Waals surface area contributed by atoms with Gasteiger partial charge in [0.15, 0.2) is 11.5 Å². The van der Waals surface area contributed by atoms with Gasteiger partial charge in [-0.15, -0.1) is 0 Å². The minimum absolute atomic E-state index is 0.00956. The van der Waals surface area contributed by atoms with Gasteiger partial charge in [0.25, 0.3) is 0 Å². The first kappa shape index (κ1) is 22.8. The van der Waals surface area contributed by atoms with Crippen LogP contribution in [0, 0.1) is 6.92 Å². The zero-order chi connectivity index (χ0) is 22.6. The van der Waals surface area contributed by atoms with Gasteiger partial charge in [-0.3, -0.25) is 0 Å². The summed E-state index contributed by atoms with van der Waals surface area (Å²) in [5.74, 6) is 0.325. The van der Waals surface area contributed by atoms with Crippen LogP contribution in [0.25, 0.3) is 0 Å². The Morgan fingerprint density at radius 3 is 2.23 bits per heavy atom. The van der Waals surface area contributed by atoms with Crippen molar-refractivity contribution in [1.82, 2.24) is 4.72 Å². The summed E-state index contributed by atoms with van der Waals surface area (Å²) in [6, 6.07) is 21.3. The maximum Gasteiger partial charge on any atom is 0.240 e. The van der Waals surface area contributed by atoms with Crippen LogP contribution in [-0.4, -0.2) is 20.1 Å². The van der Waals surface area contributed by atoms with Crippen molar-refractivity contribution in [2.75, 3.05) is 6.54 Å². The Morgan fingerprint density at radius 2 is 1.61 bits per heavy atom. The summed E-state index contributed by atoms with van der Waals surface area (Å²) in [5.41, 5.74) is 2.67. The van der Waals surface area contributed by atoms with E-state index in [9.17, 15) is 13.5 Å². The first-order chi connectivity index (χ1) is 14.6. The second-order valence-corrected chi connectivity index (χ2v) is 10.4. The van der Waals surface area contributed by atoms with Gasteiger partial charge < -0.3 is 9.84 Å². The number of ether oxygens (including phenoxy) is 1. The third-order valence-electron chi connectivity index (χ3n) is 5.06. The fraction of sp³-hybridized carbons (Fsp3) is 0.280. The summed E-state index contributed by atoms with van der Waals surface area (Å²) in [4.78, 5) is 0.197. The second-order valence-electron chi connectivity index (χ2n) is 8.61. The highest BCUT2D eigenvalue weighted by Gasteiger charge is 2.22. The molecule has 0 saturated carbocycles. The summed E-state index contributed by atoms with van der Waals surface area (Å²) in [5, 5.41) is 10.4. The van der Waals surface area contributed by atoms with Gasteiger partial charge in [-0.1, -0.05) is 74.9 Å². The lowest BCUT2D eigenvalue weighted by molar-refractivity contribution is 0.200. The third kappa shape index (κ3) is 5.87. The van der Waals surface area contributed by atoms with Crippen LogP contribution in [0.4, 0.5) is 0 Å². The first-order valence-corrected chi connectivity index (χ1v) is 11.7. The number of sulfonamides is 1. The summed E-state index contributed by atoms with van der Waals surface area (Å²) in [7, 11) is -3.71. The zero-order valence-electron chi connectivity index (χ0n) is 18.3. The van der Waals surface area contributed by atoms with E-state index in [0.717, 1.165) is 16.7 Å². The summed E-state index contributed by atoms with van der Waals surface area (Å²) in [6.45, 7) is 8.15. The smallest absolute Gasteiger partial charge is 0.240 e. The van der Waals surface area contributed by atoms with E-state index in [-0.39, 0.29) is 22.6 Å². The minimum Gasteiger partial charge on any atom is -0.504 e. The predicted molar refractivity (Wildman–Crippen MR) is 123 cm³/mol. The number of phenols is 1. The van der Waals surface area contributed by atoms with Crippen LogP contribution < -0.4 is 9.46 Å². The molecular formula is C25H29NO4S. The van der Waals surface area contributed by atoms with Gasteiger partial charge in [-0.05, 0) is 47.7 Å². The molecule has 0 aliphatic heterocycles. The molecule has 3 aromatic carbocycles. The quantitative estimate of drug-likeness (QED) is 0.537. The van der Waals surface area contributed by atoms with Gasteiger partial charge in [-0.25, -0.2) is 13.1 Å². The lowest BCUT2D eigenvalue weighted by atomic mass is 9.87. The number of hydrogen-bond acceptors (Lipinski definition) is 4. The zero-order valence-corrected chi connectivity index (χ0v) is 19.1. The van der Waals surface area contributed by atoms with Crippen molar-refractivity contribution >= 4 is 10.0 Å². The number of aromatic hydroxyl groups is 1. The fourth-order valence-electron chi connectivity index (χ4n) is 3.11. The average molecular weight is 440 g/mol. The van der Waals surface area contributed by atoms with E-state index in [4.69, 9.17) is 4.74 Å². The molecule has 0 saturated heterocycles. The Hall–Kier alpha value is -2.83. The maximum atomic E-state index is 12.8. The highest BCUT2D eigenvalue weighted by Crippen LogP contribution is 2.35. The van der Waals surface area contributed by atoms with Gasteiger partial charge >= 0.3 is 0 Å². The lowest BCUT2D eigenvalue weighted by Crippen LogP contribution is -2.30. The Labute approximate surface area is 184 Å². The van der Waals surface area contributed by atoms with Gasteiger partial charge in [0.1, 0.15) is 6.10 Å². The molecule has 0 aliphatic carbocycles. The molecule has 0 radical (unpaired) electrons. The van der Waals surface area contributed by atoms with E-state index < -0.39 is 16.1 Å². The Kier molecular flexibility index (Phi) is 6.72. The molecule has 164 valence electrons. The minimum atomic E-state index is -3.71. The SMILES string of the molecule is Cc1ccc(S(=O)(=O)NCC(Oc2cc(C(C)(C)C)ccc2O)c2ccccc2)cc1. The van der Waals surface area contributed by atoms with Crippen LogP contribution in [0.15, 0.2) is 77.7 Å². The number of benzene rings is 3. The Balaban J connectivity index is 1.87. The maximum absolute atomic E-state index is 12.8. The summed E-state index contributed by atoms with van der Waals surface area (Å²) in [6.07, 6.45) is -0.623. The van der Waals surface area contributed by atoms with Crippen molar-refractivity contribution in [2.24, 2.45) is 0 Å². The molecule has 3 rings (SSSR count). The highest BCUT2D eigenvalue weighted by molar-refractivity contribution is 7.89. The predicted octanol–water partition coefficient (Wildman–Crippen LogP) is 5.10. The van der Waals surface area contributed by atoms with Gasteiger partial charge in [0.05, 0.1) is 11.4 Å². The molecule has 0 bridgehead atoms. The van der Waals surface area contributed by atoms with E-state index in [1.165, 1.54) is 0 Å². The van der Waals surface area contributed by atoms with Crippen molar-refractivity contribution in [2.45, 2.75) is 44.1 Å². The molecule has 0 fully saturated rings. The number of phenolic OH excluding ortho intramolecular Hbond substituents is 1. The molecule has 0 aliphatic rings. The molecule has 1 atom stereocenters. The first-order valence-electron chi connectivity index (χ1n) is 10.2. The van der Waals surface area contributed by atoms with Gasteiger partial charge in [0.2, 0.25) is 10.0 Å². The molecule has 0 spiro atoms. The fourth-order valence-corrected chi connectivity index (χ4v) is 4.14. The third-order valence-corrected chi connectivity index (χ3v) is 6.50. The van der Waals surface area contributed by atoms with E-state index in [2.05, 4.69) is 25.5 Å². The van der Waals surface area contributed by atoms with Crippen LogP contribution in [0.1, 0.15) is 43.6 Å². The van der Waals surface area contributed by atoms with Crippen molar-refractivity contribution in [3.8, 4) is 11.5 Å². The van der Waals surface area contributed by atoms with Crippen LogP contribution in [0.3, 0.4) is 0 Å². The Bertz CT molecular complexity index is 1120. The van der Waals surface area contributed by atoms with Gasteiger partial charge in [-0.2, -0.15) is 0 Å². The number of rotatable bonds is 7. The molecule has 2 N–H and O–H groups in total. The molecule has 0 amide bonds. The van der Waals surface area contributed by atoms with Crippen molar-refractivity contribution in [3.63, 3.8) is 0 Å². The molecule has 31 heavy (non-hydrogen) atoms. The largest absolute Gasteiger partial charge is 0.504 e. The van der Waals surface area contributed by atoms with E-state index >= 15 is 0 Å². The molecule has 5 nitrogen and oxygen atoms in total. The van der Waals surface area contributed by atoms with E-state index in [1.807, 2.05) is 43.3 Å². The topological polar surface area (TPSA) is 75.6 Å². The second kappa shape index (κ2) is 9.12. The van der Waals surface area contributed by atoms with Crippen molar-refractivity contribution in [3.05, 3.63) is 89.5 Å². The average Bonchev–Trinajstić information content (AvgIpc) is 2.72. The number of aryl methyl sites for hydroxylation is 1. The standard InChI is InChI=1S/C25H29NO4S/c1-18-10-13-21(14-11-18)31(28,29)26-17-24(19-8-6-5-7-9-19)30-23-16-20(25(2,3)4)12-15-22(23)27/h5-16,24,26-27H,17H2,1-4H3. The number of hydrogen-bond donors (Lipinski definition) is 2. The van der Waals surface area contributed by atoms with Gasteiger partial charge in [0, 0.05) is 0 Å². The molecule has 1 unspecified atom stereocenters. The summed E-state index contributed by atoms with van der Waals surface area (Å²) >= 11 is 0. The monoisotopic (exact) mass is 439 g/mol. The molecule has 3 aromatic rings. The molecular weight excluding hydrogens is 410 g/mol. The summed E-state index contributed by atoms with van der Waals surface area (Å²) < 4.78 is 34.3. The lowest BCUT2D eigenvalue weighted by Gasteiger charge is -2.24. The van der Waals surface area contributed by atoms with E-state index in [0.29, 0.717) is 5.75 Å². The van der Waals surface area contributed by atoms with Crippen LogP contribution in [0.5, 0.6) is 11.5 Å². The molecule has 0 heterocycles. The number of nitrogens with one attached hydrogen (secondary N) is 1. The Morgan fingerprint density at radius 1 is 0.968 bits per heavy atom. The molecule has 0 aromatic heterocycles. The van der Waals surface area contributed by atoms with Crippen LogP contribution >= 0.6 is 0 Å². The highest BCUT2D eigenvalue weighted by atomic mass is 32.2. The van der Waals surface area contributed by atoms with Crippen LogP contribution in [0.2, 0.25) is 0 Å². The van der Waals surface area contributed by atoms with Crippen molar-refractivity contribution in [1.29, 1.82) is 0 Å². The van der Waals surface area contributed by atoms with E-state index in [1.54, 1.807) is 36.4 Å². The van der Waals surface area contributed by atoms with Crippen LogP contribution in [-0.2, 0) is 15.4 Å². The molecule has 6 heteroatoms. The van der Waals surface area contributed by atoms with Crippen molar-refractivity contribution < 1.29 is 18.3 Å². The normalized spacial score (nSPS) is 13.0.